The van der Waals surface area contributed by atoms with Crippen molar-refractivity contribution in [1.82, 2.24) is 14.7 Å². The van der Waals surface area contributed by atoms with Crippen LogP contribution in [0.5, 0.6) is 0 Å². The third kappa shape index (κ3) is 2.29. The van der Waals surface area contributed by atoms with Crippen molar-refractivity contribution in [3.05, 3.63) is 47.3 Å². The van der Waals surface area contributed by atoms with E-state index in [1.54, 1.807) is 47.0 Å². The fourth-order valence-corrected chi connectivity index (χ4v) is 2.65. The van der Waals surface area contributed by atoms with Crippen LogP contribution < -0.4 is 0 Å². The van der Waals surface area contributed by atoms with Crippen molar-refractivity contribution >= 4 is 11.9 Å². The van der Waals surface area contributed by atoms with Gasteiger partial charge in [-0.25, -0.2) is 9.48 Å². The first kappa shape index (κ1) is 13.4. The maximum Gasteiger partial charge on any atom is 0.337 e. The third-order valence-electron chi connectivity index (χ3n) is 3.74. The second kappa shape index (κ2) is 5.05. The molecule has 1 N–H and O–H groups in total. The van der Waals surface area contributed by atoms with Crippen molar-refractivity contribution in [2.24, 2.45) is 0 Å². The lowest BCUT2D eigenvalue weighted by Gasteiger charge is -2.26. The average molecular weight is 285 g/mol. The number of carbonyl (C=O) groups is 2. The molecule has 0 unspecified atom stereocenters. The Kier molecular flexibility index (Phi) is 3.21. The largest absolute Gasteiger partial charge is 0.478 e. The summed E-state index contributed by atoms with van der Waals surface area (Å²) in [4.78, 5) is 24.5. The van der Waals surface area contributed by atoms with Gasteiger partial charge >= 0.3 is 5.97 Å². The number of aromatic nitrogens is 2. The Hall–Kier alpha value is -2.63. The fraction of sp³-hybridized carbons (Fsp3) is 0.267. The van der Waals surface area contributed by atoms with E-state index in [1.165, 1.54) is 0 Å². The molecule has 0 saturated heterocycles. The Morgan fingerprint density at radius 2 is 2.05 bits per heavy atom. The maximum absolute atomic E-state index is 11.4. The van der Waals surface area contributed by atoms with Gasteiger partial charge in [-0.05, 0) is 12.1 Å². The number of nitrogens with zero attached hydrogens (tertiary/aromatic N) is 3. The molecule has 0 bridgehead atoms. The van der Waals surface area contributed by atoms with Crippen molar-refractivity contribution < 1.29 is 14.7 Å². The Balaban J connectivity index is 2.04. The number of carboxylic acid groups (broad SMARTS) is 1. The van der Waals surface area contributed by atoms with Crippen molar-refractivity contribution in [3.8, 4) is 5.69 Å². The number of amides is 1. The summed E-state index contributed by atoms with van der Waals surface area (Å²) >= 11 is 0. The third-order valence-corrected chi connectivity index (χ3v) is 3.74. The zero-order chi connectivity index (χ0) is 15.0. The van der Waals surface area contributed by atoms with Gasteiger partial charge in [-0.1, -0.05) is 12.1 Å². The number of fused-ring (bicyclic) bond motifs is 1. The maximum atomic E-state index is 11.4. The van der Waals surface area contributed by atoms with E-state index in [0.717, 1.165) is 11.3 Å². The SMILES string of the molecule is CC(=O)N1CCc2c(cnn2-c2ccccc2C(=O)O)C1. The standard InChI is InChI=1S/C15H15N3O3/c1-10(19)17-7-6-13-11(9-17)8-16-18(13)14-5-3-2-4-12(14)15(20)21/h2-5,8H,6-7,9H2,1H3,(H,20,21). The first-order valence-electron chi connectivity index (χ1n) is 6.72. The number of aromatic carboxylic acids is 1. The molecule has 0 radical (unpaired) electrons. The molecule has 0 aliphatic carbocycles. The number of hydrogen-bond donors (Lipinski definition) is 1. The van der Waals surface area contributed by atoms with E-state index >= 15 is 0 Å². The van der Waals surface area contributed by atoms with Gasteiger partial charge in [-0.15, -0.1) is 0 Å². The minimum Gasteiger partial charge on any atom is -0.478 e. The first-order chi connectivity index (χ1) is 10.1. The molecule has 0 atom stereocenters. The fourth-order valence-electron chi connectivity index (χ4n) is 2.65. The zero-order valence-electron chi connectivity index (χ0n) is 11.6. The molecule has 1 aromatic carbocycles. The summed E-state index contributed by atoms with van der Waals surface area (Å²) in [5.74, 6) is -0.935. The lowest BCUT2D eigenvalue weighted by atomic mass is 10.1. The van der Waals surface area contributed by atoms with Crippen molar-refractivity contribution in [1.29, 1.82) is 0 Å². The highest BCUT2D eigenvalue weighted by Crippen LogP contribution is 2.23. The molecule has 21 heavy (non-hydrogen) atoms. The summed E-state index contributed by atoms with van der Waals surface area (Å²) in [6, 6.07) is 6.80. The van der Waals surface area contributed by atoms with Crippen molar-refractivity contribution in [3.63, 3.8) is 0 Å². The van der Waals surface area contributed by atoms with E-state index in [0.29, 0.717) is 25.2 Å². The summed E-state index contributed by atoms with van der Waals surface area (Å²) in [7, 11) is 0. The minimum absolute atomic E-state index is 0.0411. The van der Waals surface area contributed by atoms with Crippen molar-refractivity contribution in [2.45, 2.75) is 19.9 Å². The van der Waals surface area contributed by atoms with Gasteiger partial charge in [0.25, 0.3) is 0 Å². The Labute approximate surface area is 121 Å². The minimum atomic E-state index is -0.976. The van der Waals surface area contributed by atoms with Gasteiger partial charge in [0.2, 0.25) is 5.91 Å². The zero-order valence-corrected chi connectivity index (χ0v) is 11.6. The van der Waals surface area contributed by atoms with Crippen LogP contribution in [0.3, 0.4) is 0 Å². The van der Waals surface area contributed by atoms with Gasteiger partial charge < -0.3 is 10.0 Å². The summed E-state index contributed by atoms with van der Waals surface area (Å²) < 4.78 is 1.68. The molecule has 1 aliphatic rings. The molecule has 108 valence electrons. The predicted molar refractivity (Wildman–Crippen MR) is 75.3 cm³/mol. The molecule has 2 aromatic rings. The smallest absolute Gasteiger partial charge is 0.337 e. The van der Waals surface area contributed by atoms with Crippen molar-refractivity contribution in [2.75, 3.05) is 6.54 Å². The molecule has 1 aliphatic heterocycles. The van der Waals surface area contributed by atoms with Crippen LogP contribution in [0.1, 0.15) is 28.5 Å². The van der Waals surface area contributed by atoms with Gasteiger partial charge in [-0.3, -0.25) is 4.79 Å². The van der Waals surface area contributed by atoms with Crippen LogP contribution in [0.2, 0.25) is 0 Å². The lowest BCUT2D eigenvalue weighted by Crippen LogP contribution is -2.34. The van der Waals surface area contributed by atoms with E-state index in [2.05, 4.69) is 5.10 Å². The molecule has 2 heterocycles. The van der Waals surface area contributed by atoms with Gasteiger partial charge in [0.05, 0.1) is 23.1 Å². The van der Waals surface area contributed by atoms with Gasteiger partial charge in [0.1, 0.15) is 0 Å². The number of para-hydroxylation sites is 1. The number of hydrogen-bond acceptors (Lipinski definition) is 3. The van der Waals surface area contributed by atoms with Crippen LogP contribution in [0.4, 0.5) is 0 Å². The molecular weight excluding hydrogens is 270 g/mol. The lowest BCUT2D eigenvalue weighted by molar-refractivity contribution is -0.129. The molecule has 3 rings (SSSR count). The molecular formula is C15H15N3O3. The molecule has 1 amide bonds. The quantitative estimate of drug-likeness (QED) is 0.906. The molecule has 6 nitrogen and oxygen atoms in total. The molecule has 0 fully saturated rings. The highest BCUT2D eigenvalue weighted by atomic mass is 16.4. The monoisotopic (exact) mass is 285 g/mol. The molecule has 6 heteroatoms. The van der Waals surface area contributed by atoms with E-state index in [4.69, 9.17) is 0 Å². The Morgan fingerprint density at radius 1 is 1.29 bits per heavy atom. The highest BCUT2D eigenvalue weighted by Gasteiger charge is 2.24. The summed E-state index contributed by atoms with van der Waals surface area (Å²) in [5, 5.41) is 13.6. The number of benzene rings is 1. The molecule has 1 aromatic heterocycles. The van der Waals surface area contributed by atoms with Crippen LogP contribution in [0, 0.1) is 0 Å². The first-order valence-corrected chi connectivity index (χ1v) is 6.72. The van der Waals surface area contributed by atoms with Crippen LogP contribution in [0.15, 0.2) is 30.5 Å². The van der Waals surface area contributed by atoms with Gasteiger partial charge in [0.15, 0.2) is 0 Å². The van der Waals surface area contributed by atoms with Gasteiger partial charge in [-0.2, -0.15) is 5.10 Å². The second-order valence-corrected chi connectivity index (χ2v) is 5.04. The van der Waals surface area contributed by atoms with E-state index in [1.807, 2.05) is 0 Å². The van der Waals surface area contributed by atoms with Crippen LogP contribution >= 0.6 is 0 Å². The second-order valence-electron chi connectivity index (χ2n) is 5.04. The summed E-state index contributed by atoms with van der Waals surface area (Å²) in [6.07, 6.45) is 2.38. The van der Waals surface area contributed by atoms with Crippen LogP contribution in [-0.4, -0.2) is 38.2 Å². The number of carboxylic acids is 1. The van der Waals surface area contributed by atoms with E-state index < -0.39 is 5.97 Å². The molecule has 0 saturated carbocycles. The Morgan fingerprint density at radius 3 is 2.76 bits per heavy atom. The summed E-state index contributed by atoms with van der Waals surface area (Å²) in [6.45, 7) is 2.71. The predicted octanol–water partition coefficient (Wildman–Crippen LogP) is 1.48. The normalized spacial score (nSPS) is 13.9. The highest BCUT2D eigenvalue weighted by molar-refractivity contribution is 5.91. The summed E-state index contributed by atoms with van der Waals surface area (Å²) in [5.41, 5.74) is 2.72. The van der Waals surface area contributed by atoms with E-state index in [-0.39, 0.29) is 11.5 Å². The Bertz CT molecular complexity index is 721. The average Bonchev–Trinajstić information content (AvgIpc) is 2.89. The van der Waals surface area contributed by atoms with E-state index in [9.17, 15) is 14.7 Å². The molecule has 0 spiro atoms. The van der Waals surface area contributed by atoms with Crippen LogP contribution in [-0.2, 0) is 17.8 Å². The number of carbonyl (C=O) groups excluding carboxylic acids is 1. The number of rotatable bonds is 2. The van der Waals surface area contributed by atoms with Crippen LogP contribution in [0.25, 0.3) is 5.69 Å². The van der Waals surface area contributed by atoms with Gasteiger partial charge in [0, 0.05) is 32.0 Å². The topological polar surface area (TPSA) is 75.4 Å².